The molecule has 0 saturated carbocycles. The average Bonchev–Trinajstić information content (AvgIpc) is 3.32. The Labute approximate surface area is 211 Å². The Balaban J connectivity index is 1.81. The fourth-order valence-electron chi connectivity index (χ4n) is 4.03. The summed E-state index contributed by atoms with van der Waals surface area (Å²) in [6.07, 6.45) is -1.95. The molecule has 1 unspecified atom stereocenters. The van der Waals surface area contributed by atoms with Gasteiger partial charge in [-0.25, -0.2) is 0 Å². The molecule has 1 amide bonds. The quantitative estimate of drug-likeness (QED) is 0.348. The van der Waals surface area contributed by atoms with Gasteiger partial charge in [-0.15, -0.1) is 0 Å². The monoisotopic (exact) mass is 496 g/mol. The van der Waals surface area contributed by atoms with E-state index in [2.05, 4.69) is 48.1 Å². The lowest BCUT2D eigenvalue weighted by atomic mass is 10.0. The van der Waals surface area contributed by atoms with Crippen molar-refractivity contribution in [2.24, 2.45) is 5.73 Å². The van der Waals surface area contributed by atoms with Gasteiger partial charge in [-0.2, -0.15) is 4.98 Å². The Kier molecular flexibility index (Phi) is 9.19. The van der Waals surface area contributed by atoms with Crippen LogP contribution in [0.2, 0.25) is 0 Å². The lowest BCUT2D eigenvalue weighted by Crippen LogP contribution is -2.33. The smallest absolute Gasteiger partial charge is 0.258 e. The van der Waals surface area contributed by atoms with Gasteiger partial charge in [-0.1, -0.05) is 30.6 Å². The molecule has 36 heavy (non-hydrogen) atoms. The van der Waals surface area contributed by atoms with Gasteiger partial charge in [0.15, 0.2) is 0 Å². The Hall–Kier alpha value is -3.27. The van der Waals surface area contributed by atoms with Crippen LogP contribution in [0, 0.1) is 13.8 Å². The van der Waals surface area contributed by atoms with Gasteiger partial charge in [0.25, 0.3) is 5.89 Å². The fourth-order valence-corrected chi connectivity index (χ4v) is 4.03. The van der Waals surface area contributed by atoms with Crippen molar-refractivity contribution < 1.29 is 24.3 Å². The zero-order chi connectivity index (χ0) is 26.4. The van der Waals surface area contributed by atoms with Crippen molar-refractivity contribution >= 4 is 5.91 Å². The van der Waals surface area contributed by atoms with Crippen LogP contribution in [-0.2, 0) is 17.8 Å². The molecule has 0 aliphatic rings. The van der Waals surface area contributed by atoms with Gasteiger partial charge in [-0.05, 0) is 74.8 Å². The molecule has 0 fully saturated rings. The van der Waals surface area contributed by atoms with Crippen molar-refractivity contribution in [3.63, 3.8) is 0 Å². The van der Waals surface area contributed by atoms with Crippen LogP contribution in [0.1, 0.15) is 42.5 Å². The van der Waals surface area contributed by atoms with Crippen molar-refractivity contribution in [2.75, 3.05) is 20.2 Å². The number of aliphatic hydroxyl groups is 2. The number of ether oxygens (including phenoxy) is 1. The molecule has 0 spiro atoms. The van der Waals surface area contributed by atoms with E-state index in [4.69, 9.17) is 15.0 Å². The molecule has 1 aromatic heterocycles. The van der Waals surface area contributed by atoms with Crippen molar-refractivity contribution in [2.45, 2.75) is 59.3 Å². The number of aryl methyl sites for hydroxylation is 3. The molecule has 0 saturated heterocycles. The number of carbonyl (C=O) groups is 1. The number of aliphatic hydroxyl groups excluding tert-OH is 2. The van der Waals surface area contributed by atoms with Gasteiger partial charge in [0.1, 0.15) is 18.5 Å². The largest absolute Gasteiger partial charge is 0.490 e. The predicted octanol–water partition coefficient (Wildman–Crippen LogP) is 3.01. The third-order valence-electron chi connectivity index (χ3n) is 6.04. The van der Waals surface area contributed by atoms with Crippen molar-refractivity contribution in [3.8, 4) is 28.6 Å². The second-order valence-electron chi connectivity index (χ2n) is 9.21. The Morgan fingerprint density at radius 1 is 1.14 bits per heavy atom. The summed E-state index contributed by atoms with van der Waals surface area (Å²) in [4.78, 5) is 17.9. The van der Waals surface area contributed by atoms with Crippen LogP contribution < -0.4 is 10.5 Å². The normalized spacial score (nSPS) is 13.1. The molecule has 0 aliphatic heterocycles. The summed E-state index contributed by atoms with van der Waals surface area (Å²) in [5, 5.41) is 23.9. The van der Waals surface area contributed by atoms with Crippen LogP contribution in [0.4, 0.5) is 0 Å². The molecule has 9 heteroatoms. The SMILES string of the molecule is CCc1cc(-c2noc(-c3cc(C)cc(CN(C)CC)c3)n2)cc(C)c1OC[C@@H](O)CC(O)C(N)=O. The number of hydrogen-bond acceptors (Lipinski definition) is 8. The van der Waals surface area contributed by atoms with Crippen LogP contribution in [-0.4, -0.2) is 63.6 Å². The number of hydrogen-bond donors (Lipinski definition) is 3. The summed E-state index contributed by atoms with van der Waals surface area (Å²) >= 11 is 0. The number of nitrogens with zero attached hydrogens (tertiary/aromatic N) is 3. The van der Waals surface area contributed by atoms with Crippen molar-refractivity contribution in [1.82, 2.24) is 15.0 Å². The van der Waals surface area contributed by atoms with E-state index < -0.39 is 18.1 Å². The molecule has 0 radical (unpaired) electrons. The third kappa shape index (κ3) is 6.90. The number of benzene rings is 2. The summed E-state index contributed by atoms with van der Waals surface area (Å²) in [5.41, 5.74) is 10.8. The number of amides is 1. The maximum atomic E-state index is 11.0. The topological polar surface area (TPSA) is 135 Å². The summed E-state index contributed by atoms with van der Waals surface area (Å²) < 4.78 is 11.5. The molecular weight excluding hydrogens is 460 g/mol. The first-order valence-corrected chi connectivity index (χ1v) is 12.2. The Morgan fingerprint density at radius 3 is 2.56 bits per heavy atom. The molecule has 2 atom stereocenters. The Morgan fingerprint density at radius 2 is 1.89 bits per heavy atom. The van der Waals surface area contributed by atoms with Crippen molar-refractivity contribution in [1.29, 1.82) is 0 Å². The van der Waals surface area contributed by atoms with Gasteiger partial charge in [0.2, 0.25) is 11.7 Å². The number of carbonyl (C=O) groups excluding carboxylic acids is 1. The van der Waals surface area contributed by atoms with Crippen molar-refractivity contribution in [3.05, 3.63) is 52.6 Å². The van der Waals surface area contributed by atoms with Crippen LogP contribution in [0.5, 0.6) is 5.75 Å². The van der Waals surface area contributed by atoms with Gasteiger partial charge in [-0.3, -0.25) is 4.79 Å². The molecule has 2 aromatic carbocycles. The summed E-state index contributed by atoms with van der Waals surface area (Å²) in [6, 6.07) is 10.1. The minimum absolute atomic E-state index is 0.0766. The zero-order valence-electron chi connectivity index (χ0n) is 21.6. The number of aromatic nitrogens is 2. The average molecular weight is 497 g/mol. The lowest BCUT2D eigenvalue weighted by Gasteiger charge is -2.18. The first-order valence-electron chi connectivity index (χ1n) is 12.2. The van der Waals surface area contributed by atoms with E-state index in [-0.39, 0.29) is 13.0 Å². The minimum atomic E-state index is -1.41. The van der Waals surface area contributed by atoms with Gasteiger partial charge in [0.05, 0.1) is 6.10 Å². The second kappa shape index (κ2) is 12.1. The molecule has 9 nitrogen and oxygen atoms in total. The second-order valence-corrected chi connectivity index (χ2v) is 9.21. The minimum Gasteiger partial charge on any atom is -0.490 e. The summed E-state index contributed by atoms with van der Waals surface area (Å²) in [7, 11) is 2.08. The van der Waals surface area contributed by atoms with E-state index >= 15 is 0 Å². The number of primary amides is 1. The molecule has 1 heterocycles. The summed E-state index contributed by atoms with van der Waals surface area (Å²) in [5.74, 6) is 0.702. The van der Waals surface area contributed by atoms with E-state index in [1.807, 2.05) is 32.0 Å². The van der Waals surface area contributed by atoms with E-state index in [0.717, 1.165) is 40.9 Å². The first kappa shape index (κ1) is 27.3. The highest BCUT2D eigenvalue weighted by Gasteiger charge is 2.19. The molecule has 3 rings (SSSR count). The molecule has 0 bridgehead atoms. The van der Waals surface area contributed by atoms with E-state index in [0.29, 0.717) is 23.9 Å². The number of rotatable bonds is 12. The molecular formula is C27H36N4O5. The predicted molar refractivity (Wildman–Crippen MR) is 137 cm³/mol. The third-order valence-corrected chi connectivity index (χ3v) is 6.04. The Bertz CT molecular complexity index is 1190. The van der Waals surface area contributed by atoms with E-state index in [1.165, 1.54) is 5.56 Å². The first-order chi connectivity index (χ1) is 17.1. The van der Waals surface area contributed by atoms with Crippen LogP contribution in [0.15, 0.2) is 34.9 Å². The zero-order valence-corrected chi connectivity index (χ0v) is 21.6. The molecule has 3 aromatic rings. The van der Waals surface area contributed by atoms with Gasteiger partial charge < -0.3 is 30.1 Å². The molecule has 194 valence electrons. The maximum absolute atomic E-state index is 11.0. The standard InChI is InChI=1S/C27H36N4O5/c1-6-19-12-20(10-17(4)24(19)35-15-22(32)13-23(33)25(28)34)26-29-27(36-30-26)21-9-16(3)8-18(11-21)14-31(5)7-2/h8-12,22-23,32-33H,6-7,13-15H2,1-5H3,(H2,28,34)/t22-,23?/m0/s1. The van der Waals surface area contributed by atoms with Crippen LogP contribution in [0.25, 0.3) is 22.8 Å². The van der Waals surface area contributed by atoms with Gasteiger partial charge in [0, 0.05) is 24.1 Å². The van der Waals surface area contributed by atoms with E-state index in [9.17, 15) is 15.0 Å². The number of nitrogens with two attached hydrogens (primary N) is 1. The molecule has 0 aliphatic carbocycles. The van der Waals surface area contributed by atoms with Crippen LogP contribution >= 0.6 is 0 Å². The fraction of sp³-hybridized carbons (Fsp3) is 0.444. The molecule has 4 N–H and O–H groups in total. The van der Waals surface area contributed by atoms with E-state index in [1.54, 1.807) is 0 Å². The highest BCUT2D eigenvalue weighted by atomic mass is 16.5. The highest BCUT2D eigenvalue weighted by Crippen LogP contribution is 2.31. The summed E-state index contributed by atoms with van der Waals surface area (Å²) in [6.45, 7) is 9.80. The van der Waals surface area contributed by atoms with Gasteiger partial charge >= 0.3 is 0 Å². The maximum Gasteiger partial charge on any atom is 0.258 e. The highest BCUT2D eigenvalue weighted by molar-refractivity contribution is 5.78. The van der Waals surface area contributed by atoms with Crippen LogP contribution in [0.3, 0.4) is 0 Å². The lowest BCUT2D eigenvalue weighted by molar-refractivity contribution is -0.127.